The van der Waals surface area contributed by atoms with Crippen LogP contribution in [0.25, 0.3) is 11.4 Å². The lowest BCUT2D eigenvalue weighted by molar-refractivity contribution is 0.0914. The fraction of sp³-hybridized carbons (Fsp3) is 0.316. The van der Waals surface area contributed by atoms with Crippen LogP contribution in [0.5, 0.6) is 0 Å². The molecule has 1 amide bonds. The highest BCUT2D eigenvalue weighted by Crippen LogP contribution is 2.40. The number of hydrogen-bond acceptors (Lipinski definition) is 6. The zero-order valence-electron chi connectivity index (χ0n) is 14.6. The van der Waals surface area contributed by atoms with Crippen LogP contribution in [0.4, 0.5) is 0 Å². The SMILES string of the molecule is CC1(C)Cc2nc(-c3ccncc3)ncc2C(NC(=O)c2cscn2)C1. The number of thiazole rings is 1. The standard InChI is InChI=1S/C19H19N5OS/c1-19(2)7-14-13(9-21-17(23-14)12-3-5-20-6-4-12)15(8-19)24-18(25)16-10-26-11-22-16/h3-6,9-11,15H,7-8H2,1-2H3,(H,24,25). The van der Waals surface area contributed by atoms with Crippen molar-refractivity contribution in [2.45, 2.75) is 32.7 Å². The van der Waals surface area contributed by atoms with Gasteiger partial charge in [0.1, 0.15) is 5.69 Å². The summed E-state index contributed by atoms with van der Waals surface area (Å²) < 4.78 is 0. The highest BCUT2D eigenvalue weighted by Gasteiger charge is 2.34. The Kier molecular flexibility index (Phi) is 4.24. The quantitative estimate of drug-likeness (QED) is 0.769. The summed E-state index contributed by atoms with van der Waals surface area (Å²) in [6, 6.07) is 3.68. The van der Waals surface area contributed by atoms with Crippen molar-refractivity contribution in [3.63, 3.8) is 0 Å². The Balaban J connectivity index is 1.67. The summed E-state index contributed by atoms with van der Waals surface area (Å²) in [5.41, 5.74) is 5.08. The summed E-state index contributed by atoms with van der Waals surface area (Å²) >= 11 is 1.41. The van der Waals surface area contributed by atoms with Gasteiger partial charge >= 0.3 is 0 Å². The minimum Gasteiger partial charge on any atom is -0.344 e. The van der Waals surface area contributed by atoms with Gasteiger partial charge in [0.15, 0.2) is 5.82 Å². The molecule has 4 rings (SSSR count). The number of amides is 1. The van der Waals surface area contributed by atoms with Crippen LogP contribution in [0.3, 0.4) is 0 Å². The van der Waals surface area contributed by atoms with Gasteiger partial charge in [0, 0.05) is 35.1 Å². The average Bonchev–Trinajstić information content (AvgIpc) is 3.16. The summed E-state index contributed by atoms with van der Waals surface area (Å²) in [5.74, 6) is 0.534. The first kappa shape index (κ1) is 16.8. The number of fused-ring (bicyclic) bond motifs is 1. The van der Waals surface area contributed by atoms with E-state index in [1.165, 1.54) is 11.3 Å². The summed E-state index contributed by atoms with van der Waals surface area (Å²) in [6.07, 6.45) is 7.01. The maximum atomic E-state index is 12.5. The van der Waals surface area contributed by atoms with Crippen LogP contribution in [0.15, 0.2) is 41.6 Å². The first-order valence-corrected chi connectivity index (χ1v) is 9.41. The van der Waals surface area contributed by atoms with Gasteiger partial charge in [0.05, 0.1) is 17.2 Å². The van der Waals surface area contributed by atoms with Crippen molar-refractivity contribution < 1.29 is 4.79 Å². The molecule has 132 valence electrons. The molecule has 0 saturated heterocycles. The van der Waals surface area contributed by atoms with E-state index in [2.05, 4.69) is 34.1 Å². The van der Waals surface area contributed by atoms with Crippen molar-refractivity contribution in [2.75, 3.05) is 0 Å². The third-order valence-electron chi connectivity index (χ3n) is 4.59. The van der Waals surface area contributed by atoms with Gasteiger partial charge in [-0.05, 0) is 30.4 Å². The Bertz CT molecular complexity index is 924. The average molecular weight is 365 g/mol. The number of pyridine rings is 1. The minimum absolute atomic E-state index is 0.0386. The van der Waals surface area contributed by atoms with Crippen molar-refractivity contribution >= 4 is 17.2 Å². The number of nitrogens with one attached hydrogen (secondary N) is 1. The van der Waals surface area contributed by atoms with E-state index in [0.717, 1.165) is 29.7 Å². The topological polar surface area (TPSA) is 80.7 Å². The molecule has 1 unspecified atom stereocenters. The van der Waals surface area contributed by atoms with E-state index in [9.17, 15) is 4.79 Å². The van der Waals surface area contributed by atoms with E-state index in [-0.39, 0.29) is 17.4 Å². The molecule has 1 atom stereocenters. The fourth-order valence-corrected chi connectivity index (χ4v) is 3.90. The number of aromatic nitrogens is 4. The van der Waals surface area contributed by atoms with Gasteiger partial charge < -0.3 is 5.32 Å². The van der Waals surface area contributed by atoms with E-state index >= 15 is 0 Å². The predicted octanol–water partition coefficient (Wildman–Crippen LogP) is 3.44. The zero-order chi connectivity index (χ0) is 18.1. The third kappa shape index (κ3) is 3.35. The Hall–Kier alpha value is -2.67. The fourth-order valence-electron chi connectivity index (χ4n) is 3.37. The van der Waals surface area contributed by atoms with Gasteiger partial charge in [0.25, 0.3) is 5.91 Å². The van der Waals surface area contributed by atoms with Crippen molar-refractivity contribution in [2.24, 2.45) is 5.41 Å². The molecule has 1 aliphatic carbocycles. The maximum absolute atomic E-state index is 12.5. The van der Waals surface area contributed by atoms with Crippen LogP contribution < -0.4 is 5.32 Å². The first-order chi connectivity index (χ1) is 12.5. The normalized spacial score (nSPS) is 18.2. The zero-order valence-corrected chi connectivity index (χ0v) is 15.5. The molecule has 1 aliphatic rings. The lowest BCUT2D eigenvalue weighted by atomic mass is 9.74. The molecule has 0 radical (unpaired) electrons. The molecule has 26 heavy (non-hydrogen) atoms. The second-order valence-corrected chi connectivity index (χ2v) is 8.00. The highest BCUT2D eigenvalue weighted by atomic mass is 32.1. The minimum atomic E-state index is -0.155. The number of nitrogens with zero attached hydrogens (tertiary/aromatic N) is 4. The second kappa shape index (κ2) is 6.57. The van der Waals surface area contributed by atoms with Crippen molar-refractivity contribution in [1.29, 1.82) is 0 Å². The number of hydrogen-bond donors (Lipinski definition) is 1. The number of carbonyl (C=O) groups is 1. The van der Waals surface area contributed by atoms with Crippen LogP contribution in [-0.2, 0) is 6.42 Å². The van der Waals surface area contributed by atoms with Gasteiger partial charge in [-0.2, -0.15) is 0 Å². The third-order valence-corrected chi connectivity index (χ3v) is 5.17. The second-order valence-electron chi connectivity index (χ2n) is 7.28. The summed E-state index contributed by atoms with van der Waals surface area (Å²) in [5, 5.41) is 4.86. The van der Waals surface area contributed by atoms with Crippen LogP contribution in [-0.4, -0.2) is 25.8 Å². The Morgan fingerprint density at radius 2 is 2.08 bits per heavy atom. The Morgan fingerprint density at radius 3 is 2.81 bits per heavy atom. The van der Waals surface area contributed by atoms with Crippen LogP contribution >= 0.6 is 11.3 Å². The van der Waals surface area contributed by atoms with Crippen LogP contribution in [0.1, 0.15) is 48.1 Å². The number of carbonyl (C=O) groups excluding carboxylic acids is 1. The first-order valence-electron chi connectivity index (χ1n) is 8.47. The van der Waals surface area contributed by atoms with Gasteiger partial charge in [-0.3, -0.25) is 9.78 Å². The van der Waals surface area contributed by atoms with Gasteiger partial charge in [0.2, 0.25) is 0 Å². The molecule has 0 aromatic carbocycles. The predicted molar refractivity (Wildman–Crippen MR) is 99.7 cm³/mol. The number of rotatable bonds is 3. The van der Waals surface area contributed by atoms with E-state index < -0.39 is 0 Å². The largest absolute Gasteiger partial charge is 0.344 e. The molecular weight excluding hydrogens is 346 g/mol. The van der Waals surface area contributed by atoms with Gasteiger partial charge in [-0.1, -0.05) is 13.8 Å². The summed E-state index contributed by atoms with van der Waals surface area (Å²) in [4.78, 5) is 29.9. The van der Waals surface area contributed by atoms with Gasteiger partial charge in [-0.25, -0.2) is 15.0 Å². The highest BCUT2D eigenvalue weighted by molar-refractivity contribution is 7.07. The van der Waals surface area contributed by atoms with Crippen LogP contribution in [0, 0.1) is 5.41 Å². The molecule has 0 spiro atoms. The van der Waals surface area contributed by atoms with Crippen LogP contribution in [0.2, 0.25) is 0 Å². The Labute approximate surface area is 155 Å². The van der Waals surface area contributed by atoms with Crippen molar-refractivity contribution in [3.8, 4) is 11.4 Å². The molecule has 0 bridgehead atoms. The lowest BCUT2D eigenvalue weighted by Crippen LogP contribution is -2.37. The smallest absolute Gasteiger partial charge is 0.271 e. The van der Waals surface area contributed by atoms with E-state index in [1.807, 2.05) is 18.3 Å². The maximum Gasteiger partial charge on any atom is 0.271 e. The van der Waals surface area contributed by atoms with E-state index in [0.29, 0.717) is 11.5 Å². The monoisotopic (exact) mass is 365 g/mol. The van der Waals surface area contributed by atoms with E-state index in [1.54, 1.807) is 23.3 Å². The molecule has 0 aliphatic heterocycles. The van der Waals surface area contributed by atoms with E-state index in [4.69, 9.17) is 4.98 Å². The summed E-state index contributed by atoms with van der Waals surface area (Å²) in [6.45, 7) is 4.40. The lowest BCUT2D eigenvalue weighted by Gasteiger charge is -2.36. The molecule has 3 aromatic heterocycles. The summed E-state index contributed by atoms with van der Waals surface area (Å²) in [7, 11) is 0. The molecule has 3 aromatic rings. The molecule has 7 heteroatoms. The molecular formula is C19H19N5OS. The molecule has 0 fully saturated rings. The molecule has 3 heterocycles. The van der Waals surface area contributed by atoms with Crippen molar-refractivity contribution in [3.05, 3.63) is 58.6 Å². The molecule has 1 N–H and O–H groups in total. The Morgan fingerprint density at radius 1 is 1.27 bits per heavy atom. The molecule has 6 nitrogen and oxygen atoms in total. The van der Waals surface area contributed by atoms with Crippen molar-refractivity contribution in [1.82, 2.24) is 25.3 Å². The molecule has 0 saturated carbocycles. The van der Waals surface area contributed by atoms with Gasteiger partial charge in [-0.15, -0.1) is 11.3 Å².